The molecule has 1 amide bonds. The van der Waals surface area contributed by atoms with Gasteiger partial charge in [-0.3, -0.25) is 14.9 Å². The summed E-state index contributed by atoms with van der Waals surface area (Å²) >= 11 is 0. The molecule has 1 fully saturated rings. The van der Waals surface area contributed by atoms with E-state index in [-0.39, 0.29) is 11.6 Å². The van der Waals surface area contributed by atoms with Crippen molar-refractivity contribution in [3.05, 3.63) is 99.1 Å². The van der Waals surface area contributed by atoms with Gasteiger partial charge in [0.1, 0.15) is 0 Å². The Hall–Kier alpha value is -4.26. The van der Waals surface area contributed by atoms with Crippen molar-refractivity contribution in [3.8, 4) is 11.3 Å². The number of piperazine rings is 1. The zero-order valence-corrected chi connectivity index (χ0v) is 20.7. The third-order valence-corrected chi connectivity index (χ3v) is 6.93. The number of carbonyl (C=O) groups is 1. The Morgan fingerprint density at radius 3 is 2.31 bits per heavy atom. The van der Waals surface area contributed by atoms with Crippen molar-refractivity contribution in [1.29, 1.82) is 0 Å². The van der Waals surface area contributed by atoms with Gasteiger partial charge in [-0.05, 0) is 56.2 Å². The Labute approximate surface area is 210 Å². The maximum absolute atomic E-state index is 13.8. The molecule has 182 valence electrons. The summed E-state index contributed by atoms with van der Waals surface area (Å²) in [7, 11) is 0. The van der Waals surface area contributed by atoms with E-state index in [0.29, 0.717) is 31.7 Å². The molecule has 0 bridgehead atoms. The maximum Gasteiger partial charge on any atom is 0.269 e. The largest absolute Gasteiger partial charge is 0.368 e. The monoisotopic (exact) mass is 480 g/mol. The smallest absolute Gasteiger partial charge is 0.269 e. The summed E-state index contributed by atoms with van der Waals surface area (Å²) in [5.74, 6) is 0.00269. The van der Waals surface area contributed by atoms with E-state index in [2.05, 4.69) is 36.9 Å². The lowest BCUT2D eigenvalue weighted by atomic mass is 9.97. The van der Waals surface area contributed by atoms with Crippen LogP contribution in [0.25, 0.3) is 22.2 Å². The van der Waals surface area contributed by atoms with E-state index >= 15 is 0 Å². The predicted molar refractivity (Wildman–Crippen MR) is 143 cm³/mol. The predicted octanol–water partition coefficient (Wildman–Crippen LogP) is 5.70. The number of amides is 1. The molecule has 0 spiro atoms. The molecule has 0 N–H and O–H groups in total. The highest BCUT2D eigenvalue weighted by Gasteiger charge is 2.25. The Morgan fingerprint density at radius 2 is 1.61 bits per heavy atom. The Kier molecular flexibility index (Phi) is 6.14. The number of rotatable bonds is 4. The van der Waals surface area contributed by atoms with Crippen molar-refractivity contribution < 1.29 is 9.72 Å². The summed E-state index contributed by atoms with van der Waals surface area (Å²) in [5.41, 5.74) is 7.68. The van der Waals surface area contributed by atoms with Gasteiger partial charge in [-0.2, -0.15) is 0 Å². The number of hydrogen-bond donors (Lipinski definition) is 0. The Bertz CT molecular complexity index is 1470. The van der Waals surface area contributed by atoms with Gasteiger partial charge in [-0.15, -0.1) is 0 Å². The molecule has 7 heteroatoms. The fourth-order valence-corrected chi connectivity index (χ4v) is 4.84. The number of aryl methyl sites for hydroxylation is 3. The van der Waals surface area contributed by atoms with Gasteiger partial charge in [0, 0.05) is 54.9 Å². The lowest BCUT2D eigenvalue weighted by molar-refractivity contribution is -0.384. The van der Waals surface area contributed by atoms with E-state index in [9.17, 15) is 14.9 Å². The van der Waals surface area contributed by atoms with Crippen molar-refractivity contribution in [1.82, 2.24) is 9.88 Å². The number of fused-ring (bicyclic) bond motifs is 1. The summed E-state index contributed by atoms with van der Waals surface area (Å²) in [5, 5.41) is 11.8. The van der Waals surface area contributed by atoms with Gasteiger partial charge >= 0.3 is 0 Å². The molecule has 0 saturated carbocycles. The molecule has 1 saturated heterocycles. The molecular weight excluding hydrogens is 452 g/mol. The molecule has 1 aliphatic rings. The second-order valence-electron chi connectivity index (χ2n) is 9.40. The highest BCUT2D eigenvalue weighted by atomic mass is 16.6. The molecule has 7 nitrogen and oxygen atoms in total. The van der Waals surface area contributed by atoms with E-state index < -0.39 is 4.92 Å². The first-order chi connectivity index (χ1) is 17.3. The Balaban J connectivity index is 1.45. The van der Waals surface area contributed by atoms with E-state index in [4.69, 9.17) is 4.98 Å². The summed E-state index contributed by atoms with van der Waals surface area (Å²) in [4.78, 5) is 33.4. The van der Waals surface area contributed by atoms with E-state index in [1.165, 1.54) is 12.1 Å². The van der Waals surface area contributed by atoms with Gasteiger partial charge in [-0.1, -0.05) is 35.9 Å². The van der Waals surface area contributed by atoms with Gasteiger partial charge in [0.25, 0.3) is 11.6 Å². The number of non-ortho nitro benzene ring substituents is 1. The van der Waals surface area contributed by atoms with E-state index in [0.717, 1.165) is 44.5 Å². The third-order valence-electron chi connectivity index (χ3n) is 6.93. The number of anilines is 1. The molecule has 2 heterocycles. The number of benzene rings is 3. The van der Waals surface area contributed by atoms with Crippen LogP contribution in [0.1, 0.15) is 27.0 Å². The average molecular weight is 481 g/mol. The summed E-state index contributed by atoms with van der Waals surface area (Å²) < 4.78 is 0. The summed E-state index contributed by atoms with van der Waals surface area (Å²) in [6.07, 6.45) is 0. The van der Waals surface area contributed by atoms with Crippen LogP contribution in [0.4, 0.5) is 11.4 Å². The quantitative estimate of drug-likeness (QED) is 0.277. The van der Waals surface area contributed by atoms with Gasteiger partial charge in [0.15, 0.2) is 0 Å². The molecule has 5 rings (SSSR count). The van der Waals surface area contributed by atoms with Crippen molar-refractivity contribution in [3.63, 3.8) is 0 Å². The van der Waals surface area contributed by atoms with Crippen LogP contribution in [0.2, 0.25) is 0 Å². The maximum atomic E-state index is 13.8. The molecule has 36 heavy (non-hydrogen) atoms. The van der Waals surface area contributed by atoms with Crippen LogP contribution in [0.3, 0.4) is 0 Å². The molecule has 0 unspecified atom stereocenters. The Morgan fingerprint density at radius 1 is 0.889 bits per heavy atom. The molecule has 1 aromatic heterocycles. The van der Waals surface area contributed by atoms with Crippen molar-refractivity contribution in [2.75, 3.05) is 31.1 Å². The number of carbonyl (C=O) groups excluding carboxylic acids is 1. The van der Waals surface area contributed by atoms with Crippen LogP contribution in [0, 0.1) is 30.9 Å². The fraction of sp³-hybridized carbons (Fsp3) is 0.241. The van der Waals surface area contributed by atoms with Gasteiger partial charge in [0.2, 0.25) is 0 Å². The van der Waals surface area contributed by atoms with E-state index in [1.54, 1.807) is 12.1 Å². The molecule has 0 aliphatic carbocycles. The number of aromatic nitrogens is 1. The first kappa shape index (κ1) is 23.5. The number of hydrogen-bond acceptors (Lipinski definition) is 5. The molecule has 3 aromatic carbocycles. The molecular formula is C29H28N4O3. The van der Waals surface area contributed by atoms with Crippen LogP contribution < -0.4 is 4.90 Å². The zero-order chi connectivity index (χ0) is 25.4. The highest BCUT2D eigenvalue weighted by Crippen LogP contribution is 2.30. The zero-order valence-electron chi connectivity index (χ0n) is 20.7. The first-order valence-electron chi connectivity index (χ1n) is 12.1. The number of pyridine rings is 1. The van der Waals surface area contributed by atoms with Crippen molar-refractivity contribution in [2.45, 2.75) is 20.8 Å². The third kappa shape index (κ3) is 4.40. The second-order valence-corrected chi connectivity index (χ2v) is 9.40. The van der Waals surface area contributed by atoms with Gasteiger partial charge in [0.05, 0.1) is 21.7 Å². The highest BCUT2D eigenvalue weighted by molar-refractivity contribution is 6.08. The standard InChI is InChI=1S/C29H28N4O3/c1-19-7-8-20(2)25(17-19)27-18-26(24-6-4-5-21(3)28(24)30-27)29(34)32-15-13-31(14-16-32)22-9-11-23(12-10-22)33(35)36/h4-12,17-18H,13-16H2,1-3H3. The van der Waals surface area contributed by atoms with Crippen LogP contribution in [-0.2, 0) is 0 Å². The minimum atomic E-state index is -0.395. The van der Waals surface area contributed by atoms with Crippen LogP contribution >= 0.6 is 0 Å². The summed E-state index contributed by atoms with van der Waals surface area (Å²) in [6, 6.07) is 20.8. The number of nitrogens with zero attached hydrogens (tertiary/aromatic N) is 4. The lowest BCUT2D eigenvalue weighted by Gasteiger charge is -2.36. The van der Waals surface area contributed by atoms with Gasteiger partial charge in [-0.25, -0.2) is 4.98 Å². The van der Waals surface area contributed by atoms with Crippen molar-refractivity contribution >= 4 is 28.2 Å². The number of nitro benzene ring substituents is 1. The summed E-state index contributed by atoms with van der Waals surface area (Å²) in [6.45, 7) is 8.63. The SMILES string of the molecule is Cc1ccc(C)c(-c2cc(C(=O)N3CCN(c4ccc([N+](=O)[O-])cc4)CC3)c3cccc(C)c3n2)c1. The second kappa shape index (κ2) is 9.41. The normalized spacial score (nSPS) is 13.8. The number of nitro groups is 1. The molecule has 0 atom stereocenters. The molecule has 1 aliphatic heterocycles. The first-order valence-corrected chi connectivity index (χ1v) is 12.1. The molecule has 4 aromatic rings. The van der Waals surface area contributed by atoms with Crippen LogP contribution in [0.15, 0.2) is 66.7 Å². The topological polar surface area (TPSA) is 79.6 Å². The minimum absolute atomic E-state index is 0.00269. The van der Waals surface area contributed by atoms with Crippen LogP contribution in [0.5, 0.6) is 0 Å². The average Bonchev–Trinajstić information content (AvgIpc) is 2.89. The van der Waals surface area contributed by atoms with Crippen molar-refractivity contribution in [2.24, 2.45) is 0 Å². The molecule has 0 radical (unpaired) electrons. The van der Waals surface area contributed by atoms with Gasteiger partial charge < -0.3 is 9.80 Å². The number of para-hydroxylation sites is 1. The van der Waals surface area contributed by atoms with E-state index in [1.807, 2.05) is 36.1 Å². The lowest BCUT2D eigenvalue weighted by Crippen LogP contribution is -2.48. The minimum Gasteiger partial charge on any atom is -0.368 e. The van der Waals surface area contributed by atoms with Crippen LogP contribution in [-0.4, -0.2) is 46.9 Å². The fourth-order valence-electron chi connectivity index (χ4n) is 4.84.